The second-order valence-electron chi connectivity index (χ2n) is 16.9. The molecule has 0 amide bonds. The molecule has 6 aromatic rings. The van der Waals surface area contributed by atoms with Gasteiger partial charge in [-0.2, -0.15) is 0 Å². The van der Waals surface area contributed by atoms with Crippen molar-refractivity contribution in [3.8, 4) is 34.1 Å². The van der Waals surface area contributed by atoms with E-state index in [0.29, 0.717) is 54.8 Å². The van der Waals surface area contributed by atoms with E-state index in [1.165, 1.54) is 6.08 Å². The average Bonchev–Trinajstić information content (AvgIpc) is 3.33. The number of carbonyl (C=O) groups is 3. The van der Waals surface area contributed by atoms with Gasteiger partial charge in [-0.25, -0.2) is 14.4 Å². The van der Waals surface area contributed by atoms with Gasteiger partial charge >= 0.3 is 17.9 Å². The Morgan fingerprint density at radius 2 is 1.17 bits per heavy atom. The van der Waals surface area contributed by atoms with Crippen LogP contribution < -0.4 is 18.9 Å². The molecule has 0 saturated carbocycles. The lowest BCUT2D eigenvalue weighted by atomic mass is 9.84. The van der Waals surface area contributed by atoms with Crippen LogP contribution in [0.4, 0.5) is 0 Å². The van der Waals surface area contributed by atoms with Gasteiger partial charge in [0.05, 0.1) is 50.8 Å². The molecule has 0 radical (unpaired) electrons. The first kappa shape index (κ1) is 47.5. The molecule has 0 unspecified atom stereocenters. The van der Waals surface area contributed by atoms with Gasteiger partial charge in [-0.1, -0.05) is 63.2 Å². The number of hydrogen-bond donors (Lipinski definition) is 0. The quantitative estimate of drug-likeness (QED) is 0.0238. The highest BCUT2D eigenvalue weighted by molar-refractivity contribution is 5.97. The molecular formula is C56H60O10. The Morgan fingerprint density at radius 3 is 1.89 bits per heavy atom. The first-order valence-corrected chi connectivity index (χ1v) is 23.2. The fourth-order valence-electron chi connectivity index (χ4n) is 7.79. The van der Waals surface area contributed by atoms with Crippen molar-refractivity contribution >= 4 is 39.5 Å². The second kappa shape index (κ2) is 23.6. The molecule has 1 aliphatic heterocycles. The van der Waals surface area contributed by atoms with Gasteiger partial charge in [0.2, 0.25) is 0 Å². The zero-order valence-electron chi connectivity index (χ0n) is 38.2. The second-order valence-corrected chi connectivity index (χ2v) is 16.9. The van der Waals surface area contributed by atoms with Crippen LogP contribution in [0.5, 0.6) is 23.0 Å². The molecule has 10 nitrogen and oxygen atoms in total. The molecule has 7 rings (SSSR count). The average molecular weight is 893 g/mol. The minimum absolute atomic E-state index is 0.203. The fourth-order valence-corrected chi connectivity index (χ4v) is 7.79. The predicted molar refractivity (Wildman–Crippen MR) is 258 cm³/mol. The number of esters is 3. The molecule has 0 spiro atoms. The van der Waals surface area contributed by atoms with Crippen LogP contribution in [0.15, 0.2) is 128 Å². The molecular weight excluding hydrogens is 833 g/mol. The lowest BCUT2D eigenvalue weighted by Crippen LogP contribution is -2.45. The number of benzene rings is 6. The Kier molecular flexibility index (Phi) is 17.0. The van der Waals surface area contributed by atoms with Gasteiger partial charge < -0.3 is 33.2 Å². The molecule has 1 saturated heterocycles. The molecule has 0 N–H and O–H groups in total. The van der Waals surface area contributed by atoms with Gasteiger partial charge in [0.1, 0.15) is 23.0 Å². The maximum atomic E-state index is 13.5. The molecule has 0 aliphatic carbocycles. The lowest BCUT2D eigenvalue weighted by molar-refractivity contribution is -0.150. The van der Waals surface area contributed by atoms with Crippen molar-refractivity contribution in [3.05, 3.63) is 145 Å². The summed E-state index contributed by atoms with van der Waals surface area (Å²) in [5.74, 6) is 1.15. The first-order valence-electron chi connectivity index (χ1n) is 23.2. The Balaban J connectivity index is 0.881. The SMILES string of the molecule is C=CC(=O)OCCCCCCOc1ccc2cc(-c3ccc(OC(=O)c4ccc5cc(OC(=O)c6ccc(OCCCCOCC7(CC)COC7)cc6)ccc5c4)c(CCC)c3)ccc2c1. The minimum atomic E-state index is -0.475. The van der Waals surface area contributed by atoms with Gasteiger partial charge in [-0.15, -0.1) is 0 Å². The highest BCUT2D eigenvalue weighted by atomic mass is 16.5. The van der Waals surface area contributed by atoms with E-state index in [1.54, 1.807) is 48.5 Å². The number of hydrogen-bond acceptors (Lipinski definition) is 10. The van der Waals surface area contributed by atoms with Crippen molar-refractivity contribution in [1.82, 2.24) is 0 Å². The lowest BCUT2D eigenvalue weighted by Gasteiger charge is -2.40. The third kappa shape index (κ3) is 13.1. The van der Waals surface area contributed by atoms with Crippen LogP contribution >= 0.6 is 0 Å². The molecule has 344 valence electrons. The maximum absolute atomic E-state index is 13.5. The van der Waals surface area contributed by atoms with E-state index in [4.69, 9.17) is 33.2 Å². The molecule has 1 heterocycles. The van der Waals surface area contributed by atoms with Gasteiger partial charge in [0.25, 0.3) is 0 Å². The van der Waals surface area contributed by atoms with Gasteiger partial charge in [-0.05, 0) is 168 Å². The summed E-state index contributed by atoms with van der Waals surface area (Å²) in [7, 11) is 0. The summed E-state index contributed by atoms with van der Waals surface area (Å²) in [5, 5.41) is 3.82. The van der Waals surface area contributed by atoms with Crippen molar-refractivity contribution < 1.29 is 47.5 Å². The topological polar surface area (TPSA) is 116 Å². The molecule has 1 aliphatic rings. The number of rotatable bonds is 25. The van der Waals surface area contributed by atoms with E-state index >= 15 is 0 Å². The third-order valence-electron chi connectivity index (χ3n) is 11.9. The summed E-state index contributed by atoms with van der Waals surface area (Å²) in [4.78, 5) is 37.7. The summed E-state index contributed by atoms with van der Waals surface area (Å²) >= 11 is 0. The smallest absolute Gasteiger partial charge is 0.343 e. The number of fused-ring (bicyclic) bond motifs is 2. The van der Waals surface area contributed by atoms with Crippen LogP contribution in [0.3, 0.4) is 0 Å². The van der Waals surface area contributed by atoms with E-state index in [1.807, 2.05) is 30.3 Å². The van der Waals surface area contributed by atoms with Gasteiger partial charge in [0.15, 0.2) is 0 Å². The monoisotopic (exact) mass is 892 g/mol. The first-order chi connectivity index (χ1) is 32.2. The van der Waals surface area contributed by atoms with Crippen molar-refractivity contribution in [2.45, 2.75) is 71.6 Å². The van der Waals surface area contributed by atoms with E-state index < -0.39 is 11.9 Å². The number of ether oxygens (including phenoxy) is 7. The highest BCUT2D eigenvalue weighted by Crippen LogP contribution is 2.33. The summed E-state index contributed by atoms with van der Waals surface area (Å²) in [6.07, 6.45) is 9.38. The summed E-state index contributed by atoms with van der Waals surface area (Å²) in [5.41, 5.74) is 4.09. The Morgan fingerprint density at radius 1 is 0.591 bits per heavy atom. The Bertz CT molecular complexity index is 2590. The third-order valence-corrected chi connectivity index (χ3v) is 11.9. The zero-order valence-corrected chi connectivity index (χ0v) is 38.2. The van der Waals surface area contributed by atoms with Crippen LogP contribution in [0.2, 0.25) is 0 Å². The number of aryl methyl sites for hydroxylation is 1. The van der Waals surface area contributed by atoms with Crippen molar-refractivity contribution in [1.29, 1.82) is 0 Å². The summed E-state index contributed by atoms with van der Waals surface area (Å²) < 4.78 is 39.9. The Hall–Kier alpha value is -6.49. The normalized spacial score (nSPS) is 12.9. The van der Waals surface area contributed by atoms with E-state index in [-0.39, 0.29) is 11.4 Å². The number of carbonyl (C=O) groups excluding carboxylic acids is 3. The predicted octanol–water partition coefficient (Wildman–Crippen LogP) is 12.3. The molecule has 1 fully saturated rings. The van der Waals surface area contributed by atoms with Crippen LogP contribution in [0.1, 0.15) is 91.5 Å². The Labute approximate surface area is 387 Å². The molecule has 0 aromatic heterocycles. The van der Waals surface area contributed by atoms with Crippen molar-refractivity contribution in [3.63, 3.8) is 0 Å². The van der Waals surface area contributed by atoms with E-state index in [9.17, 15) is 14.4 Å². The maximum Gasteiger partial charge on any atom is 0.343 e. The van der Waals surface area contributed by atoms with Crippen molar-refractivity contribution in [2.75, 3.05) is 46.2 Å². The van der Waals surface area contributed by atoms with Crippen molar-refractivity contribution in [2.24, 2.45) is 5.41 Å². The van der Waals surface area contributed by atoms with E-state index in [0.717, 1.165) is 122 Å². The fraction of sp³-hybridized carbons (Fsp3) is 0.339. The van der Waals surface area contributed by atoms with E-state index in [2.05, 4.69) is 56.8 Å². The molecule has 66 heavy (non-hydrogen) atoms. The largest absolute Gasteiger partial charge is 0.494 e. The summed E-state index contributed by atoms with van der Waals surface area (Å²) in [6, 6.07) is 36.1. The van der Waals surface area contributed by atoms with Crippen LogP contribution in [-0.4, -0.2) is 64.2 Å². The van der Waals surface area contributed by atoms with Gasteiger partial charge in [0, 0.05) is 18.1 Å². The molecule has 0 bridgehead atoms. The standard InChI is InChI=1S/C56H60O10/c1-4-13-47-33-44(41-14-15-45-35-50(25-20-42(45)32-41)63-29-9-7-8-10-31-64-53(57)5-2)22-27-52(47)66-55(59)48-17-16-46-36-51(26-21-43(46)34-48)65-54(58)40-18-23-49(24-19-40)62-30-12-11-28-60-37-56(6-3)38-61-39-56/h5,14-27,32-36H,2,4,6-13,28-31,37-39H2,1,3H3. The minimum Gasteiger partial charge on any atom is -0.494 e. The highest BCUT2D eigenvalue weighted by Gasteiger charge is 2.36. The number of unbranched alkanes of at least 4 members (excludes halogenated alkanes) is 4. The molecule has 10 heteroatoms. The molecule has 6 aromatic carbocycles. The van der Waals surface area contributed by atoms with Crippen LogP contribution in [0, 0.1) is 5.41 Å². The van der Waals surface area contributed by atoms with Gasteiger partial charge in [-0.3, -0.25) is 0 Å². The van der Waals surface area contributed by atoms with Crippen LogP contribution in [-0.2, 0) is 25.4 Å². The van der Waals surface area contributed by atoms with Crippen LogP contribution in [0.25, 0.3) is 32.7 Å². The zero-order chi connectivity index (χ0) is 46.1. The summed E-state index contributed by atoms with van der Waals surface area (Å²) in [6.45, 7) is 12.3. The molecule has 0 atom stereocenters.